The van der Waals surface area contributed by atoms with Crippen molar-refractivity contribution in [2.45, 2.75) is 0 Å². The van der Waals surface area contributed by atoms with Gasteiger partial charge in [-0.1, -0.05) is 24.3 Å². The third-order valence-corrected chi connectivity index (χ3v) is 3.37. The molecular weight excluding hydrogens is 256 g/mol. The zero-order chi connectivity index (χ0) is 14.3. The summed E-state index contributed by atoms with van der Waals surface area (Å²) >= 11 is 0. The maximum Gasteiger partial charge on any atom is 0.133 e. The van der Waals surface area contributed by atoms with Gasteiger partial charge in [-0.25, -0.2) is 5.53 Å². The van der Waals surface area contributed by atoms with Crippen molar-refractivity contribution in [3.05, 3.63) is 36.4 Å². The average Bonchev–Trinajstić information content (AvgIpc) is 2.50. The molecular formula is C14H12N4O2. The number of nitrogen functional groups attached to an aromatic ring is 1. The molecule has 0 radical (unpaired) electrons. The van der Waals surface area contributed by atoms with Crippen LogP contribution in [0.3, 0.4) is 0 Å². The number of nitrogens with one attached hydrogen (secondary N) is 2. The molecule has 0 spiro atoms. The smallest absolute Gasteiger partial charge is 0.133 e. The van der Waals surface area contributed by atoms with Crippen LogP contribution in [0.25, 0.3) is 21.5 Å². The Labute approximate surface area is 113 Å². The van der Waals surface area contributed by atoms with Gasteiger partial charge < -0.3 is 15.6 Å². The number of phenols is 2. The molecule has 0 heterocycles. The van der Waals surface area contributed by atoms with Crippen LogP contribution in [-0.4, -0.2) is 10.2 Å². The molecule has 3 aromatic carbocycles. The molecule has 0 aliphatic carbocycles. The van der Waals surface area contributed by atoms with Gasteiger partial charge in [0.25, 0.3) is 0 Å². The average molecular weight is 268 g/mol. The van der Waals surface area contributed by atoms with Crippen molar-refractivity contribution in [2.24, 2.45) is 11.0 Å². The van der Waals surface area contributed by atoms with E-state index >= 15 is 0 Å². The quantitative estimate of drug-likeness (QED) is 0.161. The van der Waals surface area contributed by atoms with Crippen LogP contribution in [0, 0.1) is 5.53 Å². The molecule has 3 rings (SSSR count). The Kier molecular flexibility index (Phi) is 2.66. The van der Waals surface area contributed by atoms with Crippen molar-refractivity contribution in [3.63, 3.8) is 0 Å². The predicted octanol–water partition coefficient (Wildman–Crippen LogP) is 3.35. The standard InChI is InChI=1S/C14H12N4O2/c15-17-9-5-1-3-7-11(9)14(20)8-4-2-6-10(18-16)12(8)13(7)19/h1-6,15,18-20H,16H2. The number of anilines is 1. The largest absolute Gasteiger partial charge is 0.507 e. The highest BCUT2D eigenvalue weighted by molar-refractivity contribution is 6.17. The van der Waals surface area contributed by atoms with Gasteiger partial charge >= 0.3 is 0 Å². The molecule has 6 nitrogen and oxygen atoms in total. The molecule has 6 N–H and O–H groups in total. The van der Waals surface area contributed by atoms with Crippen molar-refractivity contribution < 1.29 is 10.2 Å². The molecule has 0 saturated carbocycles. The van der Waals surface area contributed by atoms with Gasteiger partial charge in [-0.05, 0) is 12.1 Å². The normalized spacial score (nSPS) is 10.8. The highest BCUT2D eigenvalue weighted by atomic mass is 16.3. The topological polar surface area (TPSA) is 115 Å². The van der Waals surface area contributed by atoms with Gasteiger partial charge in [0.2, 0.25) is 0 Å². The minimum atomic E-state index is -0.0310. The van der Waals surface area contributed by atoms with Crippen LogP contribution in [0.4, 0.5) is 11.4 Å². The van der Waals surface area contributed by atoms with E-state index in [0.717, 1.165) is 0 Å². The molecule has 0 aromatic heterocycles. The number of aromatic hydroxyl groups is 2. The van der Waals surface area contributed by atoms with Crippen LogP contribution in [0.5, 0.6) is 11.5 Å². The third kappa shape index (κ3) is 1.49. The molecule has 20 heavy (non-hydrogen) atoms. The minimum Gasteiger partial charge on any atom is -0.507 e. The van der Waals surface area contributed by atoms with Crippen LogP contribution in [0.1, 0.15) is 0 Å². The Morgan fingerprint density at radius 3 is 2.20 bits per heavy atom. The van der Waals surface area contributed by atoms with Crippen molar-refractivity contribution >= 4 is 32.9 Å². The Morgan fingerprint density at radius 1 is 0.950 bits per heavy atom. The summed E-state index contributed by atoms with van der Waals surface area (Å²) in [5.74, 6) is 5.41. The lowest BCUT2D eigenvalue weighted by molar-refractivity contribution is 0.478. The van der Waals surface area contributed by atoms with E-state index in [9.17, 15) is 10.2 Å². The second-order valence-electron chi connectivity index (χ2n) is 4.38. The number of hydrazine groups is 1. The van der Waals surface area contributed by atoms with Gasteiger partial charge in [-0.3, -0.25) is 5.84 Å². The summed E-state index contributed by atoms with van der Waals surface area (Å²) in [6.45, 7) is 0. The van der Waals surface area contributed by atoms with E-state index in [1.54, 1.807) is 36.4 Å². The summed E-state index contributed by atoms with van der Waals surface area (Å²) in [5.41, 5.74) is 10.5. The highest BCUT2D eigenvalue weighted by Gasteiger charge is 2.17. The lowest BCUT2D eigenvalue weighted by Crippen LogP contribution is -2.07. The van der Waals surface area contributed by atoms with Gasteiger partial charge in [0.1, 0.15) is 11.5 Å². The lowest BCUT2D eigenvalue weighted by Gasteiger charge is -2.13. The summed E-state index contributed by atoms with van der Waals surface area (Å²) in [4.78, 5) is 0. The first kappa shape index (κ1) is 12.2. The van der Waals surface area contributed by atoms with E-state index in [2.05, 4.69) is 10.5 Å². The number of nitrogens with two attached hydrogens (primary N) is 1. The van der Waals surface area contributed by atoms with Crippen molar-refractivity contribution in [2.75, 3.05) is 5.43 Å². The molecule has 0 amide bonds. The van der Waals surface area contributed by atoms with E-state index < -0.39 is 0 Å². The monoisotopic (exact) mass is 268 g/mol. The number of phenolic OH excluding ortho intramolecular Hbond substituents is 2. The molecule has 0 fully saturated rings. The van der Waals surface area contributed by atoms with Crippen LogP contribution in [0.2, 0.25) is 0 Å². The number of fused-ring (bicyclic) bond motifs is 2. The fourth-order valence-electron chi connectivity index (χ4n) is 2.47. The van der Waals surface area contributed by atoms with E-state index in [4.69, 9.17) is 11.4 Å². The van der Waals surface area contributed by atoms with E-state index in [1.165, 1.54) is 0 Å². The number of hydrogen-bond acceptors (Lipinski definition) is 6. The van der Waals surface area contributed by atoms with Crippen LogP contribution < -0.4 is 11.3 Å². The van der Waals surface area contributed by atoms with E-state index in [1.807, 2.05) is 0 Å². The number of hydrogen-bond donors (Lipinski definition) is 5. The fraction of sp³-hybridized carbons (Fsp3) is 0. The highest BCUT2D eigenvalue weighted by Crippen LogP contribution is 2.47. The summed E-state index contributed by atoms with van der Waals surface area (Å²) in [5, 5.41) is 25.9. The first-order valence-electron chi connectivity index (χ1n) is 5.92. The summed E-state index contributed by atoms with van der Waals surface area (Å²) in [6, 6.07) is 10.0. The lowest BCUT2D eigenvalue weighted by atomic mass is 9.98. The first-order chi connectivity index (χ1) is 9.69. The minimum absolute atomic E-state index is 0.00755. The number of rotatable bonds is 2. The maximum atomic E-state index is 10.5. The third-order valence-electron chi connectivity index (χ3n) is 3.37. The Hall–Kier alpha value is -2.86. The van der Waals surface area contributed by atoms with Crippen LogP contribution in [0.15, 0.2) is 41.5 Å². The fourth-order valence-corrected chi connectivity index (χ4v) is 2.47. The molecule has 0 saturated heterocycles. The van der Waals surface area contributed by atoms with Gasteiger partial charge in [-0.2, -0.15) is 5.11 Å². The molecule has 100 valence electrons. The number of benzene rings is 3. The first-order valence-corrected chi connectivity index (χ1v) is 5.92. The molecule has 0 atom stereocenters. The number of nitrogens with zero attached hydrogens (tertiary/aromatic N) is 1. The van der Waals surface area contributed by atoms with Crippen LogP contribution in [-0.2, 0) is 0 Å². The zero-order valence-corrected chi connectivity index (χ0v) is 10.4. The maximum absolute atomic E-state index is 10.5. The summed E-state index contributed by atoms with van der Waals surface area (Å²) < 4.78 is 0. The van der Waals surface area contributed by atoms with Gasteiger partial charge in [0.15, 0.2) is 0 Å². The Morgan fingerprint density at radius 2 is 1.55 bits per heavy atom. The molecule has 6 heteroatoms. The van der Waals surface area contributed by atoms with Crippen molar-refractivity contribution in [1.82, 2.24) is 0 Å². The van der Waals surface area contributed by atoms with Gasteiger partial charge in [0, 0.05) is 10.8 Å². The van der Waals surface area contributed by atoms with Crippen molar-refractivity contribution in [1.29, 1.82) is 5.53 Å². The summed E-state index contributed by atoms with van der Waals surface area (Å²) in [6.07, 6.45) is 0. The molecule has 0 aliphatic rings. The SMILES string of the molecule is N=Nc1cccc2c(O)c3c(NN)cccc3c(O)c12. The molecule has 0 aliphatic heterocycles. The van der Waals surface area contributed by atoms with Gasteiger partial charge in [-0.15, -0.1) is 0 Å². The second-order valence-corrected chi connectivity index (χ2v) is 4.38. The molecule has 3 aromatic rings. The van der Waals surface area contributed by atoms with Crippen molar-refractivity contribution in [3.8, 4) is 11.5 Å². The van der Waals surface area contributed by atoms with E-state index in [-0.39, 0.29) is 11.5 Å². The Balaban J connectivity index is 2.64. The summed E-state index contributed by atoms with van der Waals surface area (Å²) in [7, 11) is 0. The Bertz CT molecular complexity index is 846. The predicted molar refractivity (Wildman–Crippen MR) is 77.4 cm³/mol. The zero-order valence-electron chi connectivity index (χ0n) is 10.4. The molecule has 0 unspecified atom stereocenters. The van der Waals surface area contributed by atoms with Gasteiger partial charge in [0.05, 0.1) is 22.1 Å². The van der Waals surface area contributed by atoms with Crippen LogP contribution >= 0.6 is 0 Å². The molecule has 0 bridgehead atoms. The second kappa shape index (κ2) is 4.36. The van der Waals surface area contributed by atoms with E-state index in [0.29, 0.717) is 32.9 Å².